The average molecular weight is 506 g/mol. The van der Waals surface area contributed by atoms with E-state index >= 15 is 0 Å². The van der Waals surface area contributed by atoms with E-state index in [-0.39, 0.29) is 18.1 Å². The number of rotatable bonds is 7. The normalized spacial score (nSPS) is 15.2. The molecule has 186 valence electrons. The summed E-state index contributed by atoms with van der Waals surface area (Å²) in [6.07, 6.45) is 4.18. The summed E-state index contributed by atoms with van der Waals surface area (Å²) < 4.78 is 7.59. The number of H-pyrrole nitrogens is 1. The van der Waals surface area contributed by atoms with Crippen molar-refractivity contribution in [2.24, 2.45) is 0 Å². The van der Waals surface area contributed by atoms with Crippen molar-refractivity contribution >= 4 is 23.3 Å². The highest BCUT2D eigenvalue weighted by molar-refractivity contribution is 6.30. The molecule has 8 nitrogen and oxygen atoms in total. The predicted octanol–water partition coefficient (Wildman–Crippen LogP) is 4.62. The lowest BCUT2D eigenvalue weighted by molar-refractivity contribution is -0.165. The summed E-state index contributed by atoms with van der Waals surface area (Å²) in [7, 11) is 1.79. The van der Waals surface area contributed by atoms with E-state index in [1.165, 1.54) is 10.6 Å². The summed E-state index contributed by atoms with van der Waals surface area (Å²) >= 11 is 6.12. The molecular formula is C27H28ClN5O3. The number of ether oxygens (including phenoxy) is 1. The largest absolute Gasteiger partial charge is 0.359 e. The number of hydrogen-bond acceptors (Lipinski definition) is 5. The number of benzene rings is 2. The zero-order valence-electron chi connectivity index (χ0n) is 20.1. The molecule has 0 unspecified atom stereocenters. The van der Waals surface area contributed by atoms with Gasteiger partial charge in [-0.3, -0.25) is 9.59 Å². The maximum absolute atomic E-state index is 13.6. The molecule has 0 aliphatic heterocycles. The number of likely N-dealkylation sites (N-methyl/N-ethyl adjacent to an activating group) is 1. The van der Waals surface area contributed by atoms with Crippen molar-refractivity contribution in [2.45, 2.75) is 50.9 Å². The highest BCUT2D eigenvalue weighted by Crippen LogP contribution is 2.34. The average Bonchev–Trinajstić information content (AvgIpc) is 3.33. The number of nitrogens with one attached hydrogen (secondary N) is 1. The van der Waals surface area contributed by atoms with Crippen LogP contribution < -0.4 is 5.56 Å². The van der Waals surface area contributed by atoms with Gasteiger partial charge in [-0.15, -0.1) is 5.10 Å². The van der Waals surface area contributed by atoms with E-state index in [0.717, 1.165) is 30.4 Å². The first kappa shape index (κ1) is 24.2. The third-order valence-corrected chi connectivity index (χ3v) is 6.86. The fourth-order valence-corrected chi connectivity index (χ4v) is 5.02. The van der Waals surface area contributed by atoms with Gasteiger partial charge < -0.3 is 14.6 Å². The van der Waals surface area contributed by atoms with E-state index < -0.39 is 5.60 Å². The quantitative estimate of drug-likeness (QED) is 0.396. The molecule has 1 aliphatic rings. The number of amides is 1. The monoisotopic (exact) mass is 505 g/mol. The van der Waals surface area contributed by atoms with Crippen molar-refractivity contribution in [3.8, 4) is 11.4 Å². The summed E-state index contributed by atoms with van der Waals surface area (Å²) in [5, 5.41) is 4.97. The van der Waals surface area contributed by atoms with E-state index in [0.29, 0.717) is 41.7 Å². The van der Waals surface area contributed by atoms with Crippen LogP contribution >= 0.6 is 11.6 Å². The Hall–Kier alpha value is -3.49. The molecule has 0 spiro atoms. The molecule has 2 heterocycles. The zero-order chi connectivity index (χ0) is 25.1. The first-order valence-corrected chi connectivity index (χ1v) is 12.5. The fraction of sp³-hybridized carbons (Fsp3) is 0.333. The van der Waals surface area contributed by atoms with Gasteiger partial charge in [-0.1, -0.05) is 73.3 Å². The molecule has 9 heteroatoms. The third kappa shape index (κ3) is 5.05. The third-order valence-electron chi connectivity index (χ3n) is 6.63. The highest BCUT2D eigenvalue weighted by atomic mass is 35.5. The van der Waals surface area contributed by atoms with Gasteiger partial charge in [-0.05, 0) is 30.5 Å². The molecule has 1 N–H and O–H groups in total. The Morgan fingerprint density at radius 1 is 1.11 bits per heavy atom. The minimum atomic E-state index is -0.933. The molecule has 5 rings (SSSR count). The Balaban J connectivity index is 1.36. The lowest BCUT2D eigenvalue weighted by Crippen LogP contribution is -2.50. The van der Waals surface area contributed by atoms with Crippen LogP contribution in [0.5, 0.6) is 0 Å². The Morgan fingerprint density at radius 2 is 1.89 bits per heavy atom. The second-order valence-electron chi connectivity index (χ2n) is 9.30. The SMILES string of the molecule is CN(Cc1cccc(Cl)c1)C(=O)C1(OCc2cc(=O)n3nc(-c4ccccc4)nc3[nH]2)CCCCC1. The van der Waals surface area contributed by atoms with Gasteiger partial charge >= 0.3 is 0 Å². The number of halogens is 1. The minimum Gasteiger partial charge on any atom is -0.359 e. The number of nitrogens with zero attached hydrogens (tertiary/aromatic N) is 4. The highest BCUT2D eigenvalue weighted by Gasteiger charge is 2.42. The predicted molar refractivity (Wildman–Crippen MR) is 138 cm³/mol. The van der Waals surface area contributed by atoms with Crippen LogP contribution in [0.1, 0.15) is 43.4 Å². The number of carbonyl (C=O) groups is 1. The van der Waals surface area contributed by atoms with Gasteiger partial charge in [0.2, 0.25) is 5.78 Å². The van der Waals surface area contributed by atoms with Crippen molar-refractivity contribution in [2.75, 3.05) is 7.05 Å². The Morgan fingerprint density at radius 3 is 2.64 bits per heavy atom. The van der Waals surface area contributed by atoms with Gasteiger partial charge in [0.15, 0.2) is 5.82 Å². The molecule has 2 aromatic heterocycles. The molecule has 0 bridgehead atoms. The summed E-state index contributed by atoms with van der Waals surface area (Å²) in [5.41, 5.74) is 1.09. The maximum Gasteiger partial charge on any atom is 0.275 e. The van der Waals surface area contributed by atoms with Crippen molar-refractivity contribution in [1.29, 1.82) is 0 Å². The zero-order valence-corrected chi connectivity index (χ0v) is 20.9. The molecule has 1 aliphatic carbocycles. The number of fused-ring (bicyclic) bond motifs is 1. The number of aromatic amines is 1. The summed E-state index contributed by atoms with van der Waals surface area (Å²) in [6.45, 7) is 0.533. The molecule has 1 fully saturated rings. The molecule has 0 radical (unpaired) electrons. The van der Waals surface area contributed by atoms with Crippen LogP contribution in [0.25, 0.3) is 17.2 Å². The summed E-state index contributed by atoms with van der Waals surface area (Å²) in [4.78, 5) is 35.7. The van der Waals surface area contributed by atoms with Crippen LogP contribution in [0, 0.1) is 0 Å². The Kier molecular flexibility index (Phi) is 6.89. The van der Waals surface area contributed by atoms with Gasteiger partial charge in [-0.2, -0.15) is 9.50 Å². The van der Waals surface area contributed by atoms with Crippen molar-refractivity contribution < 1.29 is 9.53 Å². The van der Waals surface area contributed by atoms with E-state index in [4.69, 9.17) is 16.3 Å². The van der Waals surface area contributed by atoms with Crippen LogP contribution in [-0.4, -0.2) is 43.0 Å². The van der Waals surface area contributed by atoms with Gasteiger partial charge in [0, 0.05) is 35.9 Å². The lowest BCUT2D eigenvalue weighted by atomic mass is 9.83. The van der Waals surface area contributed by atoms with E-state index in [2.05, 4.69) is 15.1 Å². The molecule has 36 heavy (non-hydrogen) atoms. The first-order valence-electron chi connectivity index (χ1n) is 12.1. The molecular weight excluding hydrogens is 478 g/mol. The molecule has 1 amide bonds. The summed E-state index contributed by atoms with van der Waals surface area (Å²) in [6, 6.07) is 18.4. The van der Waals surface area contributed by atoms with Crippen LogP contribution in [0.2, 0.25) is 5.02 Å². The number of aromatic nitrogens is 4. The second kappa shape index (κ2) is 10.2. The number of carbonyl (C=O) groups excluding carboxylic acids is 1. The van der Waals surface area contributed by atoms with Crippen LogP contribution in [0.4, 0.5) is 0 Å². The molecule has 0 atom stereocenters. The van der Waals surface area contributed by atoms with Gasteiger partial charge in [0.25, 0.3) is 11.5 Å². The maximum atomic E-state index is 13.6. The van der Waals surface area contributed by atoms with E-state index in [9.17, 15) is 9.59 Å². The summed E-state index contributed by atoms with van der Waals surface area (Å²) in [5.74, 6) is 0.741. The molecule has 4 aromatic rings. The smallest absolute Gasteiger partial charge is 0.275 e. The van der Waals surface area contributed by atoms with E-state index in [1.54, 1.807) is 11.9 Å². The van der Waals surface area contributed by atoms with Gasteiger partial charge in [0.1, 0.15) is 5.60 Å². The van der Waals surface area contributed by atoms with Gasteiger partial charge in [0.05, 0.1) is 6.61 Å². The van der Waals surface area contributed by atoms with E-state index in [1.807, 2.05) is 54.6 Å². The van der Waals surface area contributed by atoms with Crippen molar-refractivity contribution in [3.05, 3.63) is 87.3 Å². The molecule has 0 saturated heterocycles. The van der Waals surface area contributed by atoms with Crippen LogP contribution in [-0.2, 0) is 22.7 Å². The Bertz CT molecular complexity index is 1430. The van der Waals surface area contributed by atoms with Crippen molar-refractivity contribution in [3.63, 3.8) is 0 Å². The molecule has 2 aromatic carbocycles. The second-order valence-corrected chi connectivity index (χ2v) is 9.74. The van der Waals surface area contributed by atoms with Crippen molar-refractivity contribution in [1.82, 2.24) is 24.5 Å². The minimum absolute atomic E-state index is 0.0561. The topological polar surface area (TPSA) is 92.6 Å². The van der Waals surface area contributed by atoms with Gasteiger partial charge in [-0.25, -0.2) is 0 Å². The standard InChI is InChI=1S/C27H28ClN5O3/c1-32(17-19-9-8-12-21(28)15-19)25(35)27(13-6-3-7-14-27)36-18-22-16-23(34)33-26(29-22)30-24(31-33)20-10-4-2-5-11-20/h2,4-5,8-12,15-16H,3,6-7,13-14,17-18H2,1H3,(H,29,30,31). The van der Waals surface area contributed by atoms with Crippen LogP contribution in [0.3, 0.4) is 0 Å². The lowest BCUT2D eigenvalue weighted by Gasteiger charge is -2.38. The number of hydrogen-bond donors (Lipinski definition) is 1. The van der Waals surface area contributed by atoms with Crippen LogP contribution in [0.15, 0.2) is 65.5 Å². The Labute approximate surface area is 213 Å². The first-order chi connectivity index (χ1) is 17.4. The molecule has 1 saturated carbocycles. The fourth-order valence-electron chi connectivity index (χ4n) is 4.81.